The number of rotatable bonds is 0. The molecule has 0 heterocycles. The van der Waals surface area contributed by atoms with Gasteiger partial charge in [-0.25, -0.2) is 0 Å². The summed E-state index contributed by atoms with van der Waals surface area (Å²) < 4.78 is 0. The lowest BCUT2D eigenvalue weighted by Crippen LogP contribution is -2.66. The first-order valence-electron chi connectivity index (χ1n) is 8.38. The Morgan fingerprint density at radius 3 is 2.41 bits per heavy atom. The van der Waals surface area contributed by atoms with Gasteiger partial charge in [-0.2, -0.15) is 0 Å². The molecular formula is C17H26. The van der Waals surface area contributed by atoms with Crippen LogP contribution in [0.3, 0.4) is 0 Å². The Morgan fingerprint density at radius 2 is 1.59 bits per heavy atom. The number of fused-ring (bicyclic) bond motifs is 4. The molecule has 0 aromatic rings. The van der Waals surface area contributed by atoms with Crippen molar-refractivity contribution in [1.29, 1.82) is 0 Å². The SMILES string of the molecule is C1CC2CCC23C(C1)C1CC2CCC(C2)CC13. The Bertz CT molecular complexity index is 346. The fourth-order valence-corrected chi connectivity index (χ4v) is 7.45. The molecule has 0 N–H and O–H groups in total. The molecule has 0 aromatic heterocycles. The van der Waals surface area contributed by atoms with Gasteiger partial charge in [0.05, 0.1) is 0 Å². The second-order valence-electron chi connectivity index (χ2n) is 8.17. The Balaban J connectivity index is 1.50. The molecule has 0 nitrogen and oxygen atoms in total. The average Bonchev–Trinajstić information content (AvgIpc) is 2.65. The lowest BCUT2D eigenvalue weighted by Gasteiger charge is -2.73. The molecule has 0 aromatic carbocycles. The molecule has 0 radical (unpaired) electrons. The molecule has 0 amide bonds. The Hall–Kier alpha value is 0. The van der Waals surface area contributed by atoms with Crippen LogP contribution in [0.2, 0.25) is 0 Å². The van der Waals surface area contributed by atoms with Crippen molar-refractivity contribution in [3.63, 3.8) is 0 Å². The minimum absolute atomic E-state index is 0.938. The van der Waals surface area contributed by atoms with Gasteiger partial charge in [-0.15, -0.1) is 0 Å². The van der Waals surface area contributed by atoms with Crippen LogP contribution in [0, 0.1) is 40.9 Å². The fourth-order valence-electron chi connectivity index (χ4n) is 7.45. The molecule has 1 spiro atoms. The first-order chi connectivity index (χ1) is 8.38. The monoisotopic (exact) mass is 230 g/mol. The van der Waals surface area contributed by atoms with E-state index in [1.54, 1.807) is 64.2 Å². The van der Waals surface area contributed by atoms with E-state index in [4.69, 9.17) is 0 Å². The van der Waals surface area contributed by atoms with Crippen molar-refractivity contribution in [3.8, 4) is 0 Å². The number of hydrogen-bond donors (Lipinski definition) is 0. The van der Waals surface area contributed by atoms with Gasteiger partial charge in [-0.1, -0.05) is 19.3 Å². The lowest BCUT2D eigenvalue weighted by molar-refractivity contribution is -0.247. The summed E-state index contributed by atoms with van der Waals surface area (Å²) in [5.41, 5.74) is 0.938. The lowest BCUT2D eigenvalue weighted by atomic mass is 9.31. The van der Waals surface area contributed by atoms with Crippen molar-refractivity contribution in [3.05, 3.63) is 0 Å². The van der Waals surface area contributed by atoms with Crippen molar-refractivity contribution in [2.45, 2.75) is 64.2 Å². The number of hydrogen-bond acceptors (Lipinski definition) is 0. The van der Waals surface area contributed by atoms with Crippen LogP contribution in [0.4, 0.5) is 0 Å². The van der Waals surface area contributed by atoms with Gasteiger partial charge in [0.25, 0.3) is 0 Å². The van der Waals surface area contributed by atoms with Crippen LogP contribution in [-0.2, 0) is 0 Å². The second kappa shape index (κ2) is 3.11. The van der Waals surface area contributed by atoms with Crippen LogP contribution in [0.5, 0.6) is 0 Å². The van der Waals surface area contributed by atoms with E-state index < -0.39 is 0 Å². The molecule has 5 fully saturated rings. The van der Waals surface area contributed by atoms with Gasteiger partial charge in [-0.05, 0) is 85.9 Å². The normalized spacial score (nSPS) is 63.5. The zero-order chi connectivity index (χ0) is 11.0. The summed E-state index contributed by atoms with van der Waals surface area (Å²) in [6.07, 6.45) is 16.2. The quantitative estimate of drug-likeness (QED) is 0.569. The zero-order valence-electron chi connectivity index (χ0n) is 11.0. The van der Waals surface area contributed by atoms with Crippen molar-refractivity contribution >= 4 is 0 Å². The molecule has 0 saturated heterocycles. The van der Waals surface area contributed by atoms with E-state index in [1.807, 2.05) is 0 Å². The first kappa shape index (κ1) is 9.87. The highest BCUT2D eigenvalue weighted by molar-refractivity contribution is 5.17. The zero-order valence-corrected chi connectivity index (χ0v) is 11.0. The van der Waals surface area contributed by atoms with E-state index in [0.717, 1.165) is 17.3 Å². The minimum atomic E-state index is 0.938. The predicted molar refractivity (Wildman–Crippen MR) is 69.5 cm³/mol. The average molecular weight is 230 g/mol. The predicted octanol–water partition coefficient (Wildman–Crippen LogP) is 4.64. The van der Waals surface area contributed by atoms with Crippen molar-refractivity contribution in [1.82, 2.24) is 0 Å². The smallest absolute Gasteiger partial charge is 0.0207 e. The maximum Gasteiger partial charge on any atom is -0.0207 e. The summed E-state index contributed by atoms with van der Waals surface area (Å²) in [4.78, 5) is 0. The van der Waals surface area contributed by atoms with Gasteiger partial charge < -0.3 is 0 Å². The highest BCUT2D eigenvalue weighted by Gasteiger charge is 2.69. The maximum absolute atomic E-state index is 1.66. The molecule has 5 aliphatic carbocycles. The van der Waals surface area contributed by atoms with Crippen LogP contribution in [0.1, 0.15) is 64.2 Å². The molecule has 5 aliphatic rings. The highest BCUT2D eigenvalue weighted by Crippen LogP contribution is 2.76. The van der Waals surface area contributed by atoms with Gasteiger partial charge in [0.1, 0.15) is 0 Å². The van der Waals surface area contributed by atoms with Gasteiger partial charge in [0, 0.05) is 0 Å². The molecule has 0 heteroatoms. The Kier molecular flexibility index (Phi) is 1.81. The first-order valence-corrected chi connectivity index (χ1v) is 8.38. The molecule has 0 aliphatic heterocycles. The van der Waals surface area contributed by atoms with Gasteiger partial charge >= 0.3 is 0 Å². The molecule has 7 atom stereocenters. The summed E-state index contributed by atoms with van der Waals surface area (Å²) in [6, 6.07) is 0. The van der Waals surface area contributed by atoms with Gasteiger partial charge in [0.2, 0.25) is 0 Å². The molecule has 5 saturated carbocycles. The Labute approximate surface area is 106 Å². The second-order valence-corrected chi connectivity index (χ2v) is 8.17. The van der Waals surface area contributed by atoms with Crippen LogP contribution < -0.4 is 0 Å². The van der Waals surface area contributed by atoms with Crippen molar-refractivity contribution in [2.24, 2.45) is 40.9 Å². The summed E-state index contributed by atoms with van der Waals surface area (Å²) >= 11 is 0. The fraction of sp³-hybridized carbons (Fsp3) is 1.00. The van der Waals surface area contributed by atoms with Gasteiger partial charge in [0.15, 0.2) is 0 Å². The van der Waals surface area contributed by atoms with Crippen molar-refractivity contribution < 1.29 is 0 Å². The summed E-state index contributed by atoms with van der Waals surface area (Å²) in [5, 5.41) is 0. The van der Waals surface area contributed by atoms with Gasteiger partial charge in [-0.3, -0.25) is 0 Å². The third-order valence-electron chi connectivity index (χ3n) is 8.01. The van der Waals surface area contributed by atoms with E-state index in [-0.39, 0.29) is 0 Å². The van der Waals surface area contributed by atoms with Crippen LogP contribution in [0.15, 0.2) is 0 Å². The molecular weight excluding hydrogens is 204 g/mol. The van der Waals surface area contributed by atoms with E-state index >= 15 is 0 Å². The third kappa shape index (κ3) is 1.04. The maximum atomic E-state index is 1.66. The van der Waals surface area contributed by atoms with Crippen molar-refractivity contribution in [2.75, 3.05) is 0 Å². The topological polar surface area (TPSA) is 0 Å². The Morgan fingerprint density at radius 1 is 0.706 bits per heavy atom. The molecule has 5 rings (SSSR count). The summed E-state index contributed by atoms with van der Waals surface area (Å²) in [7, 11) is 0. The molecule has 2 bridgehead atoms. The van der Waals surface area contributed by atoms with Crippen LogP contribution in [0.25, 0.3) is 0 Å². The third-order valence-corrected chi connectivity index (χ3v) is 8.01. The standard InChI is InChI=1S/C17H26/c1-2-13-6-7-17(13)15(3-1)14-9-11-4-5-12(8-11)10-16(14)17/h11-16H,1-10H2. The van der Waals surface area contributed by atoms with Crippen LogP contribution >= 0.6 is 0 Å². The largest absolute Gasteiger partial charge is 0.0527 e. The minimum Gasteiger partial charge on any atom is -0.0527 e. The molecule has 94 valence electrons. The summed E-state index contributed by atoms with van der Waals surface area (Å²) in [5.74, 6) is 7.13. The highest BCUT2D eigenvalue weighted by atomic mass is 14.7. The molecule has 17 heavy (non-hydrogen) atoms. The van der Waals surface area contributed by atoms with Crippen LogP contribution in [-0.4, -0.2) is 0 Å². The van der Waals surface area contributed by atoms with E-state index in [2.05, 4.69) is 0 Å². The van der Waals surface area contributed by atoms with E-state index in [9.17, 15) is 0 Å². The van der Waals surface area contributed by atoms with E-state index in [1.165, 1.54) is 23.7 Å². The summed E-state index contributed by atoms with van der Waals surface area (Å²) in [6.45, 7) is 0. The van der Waals surface area contributed by atoms with E-state index in [0.29, 0.717) is 0 Å². The molecule has 7 unspecified atom stereocenters.